The number of hydrogen-bond acceptors (Lipinski definition) is 5. The normalized spacial score (nSPS) is 23.2. The van der Waals surface area contributed by atoms with Gasteiger partial charge in [0.2, 0.25) is 0 Å². The van der Waals surface area contributed by atoms with Crippen LogP contribution in [0.3, 0.4) is 0 Å². The second-order valence-electron chi connectivity index (χ2n) is 8.06. The molecule has 8 nitrogen and oxygen atoms in total. The number of carbonyl (C=O) groups is 4. The van der Waals surface area contributed by atoms with E-state index in [4.69, 9.17) is 0 Å². The molecule has 1 atom stereocenters. The van der Waals surface area contributed by atoms with Crippen LogP contribution in [0.2, 0.25) is 0 Å². The van der Waals surface area contributed by atoms with Crippen molar-refractivity contribution in [2.75, 3.05) is 19.6 Å². The van der Waals surface area contributed by atoms with Crippen LogP contribution in [0.4, 0.5) is 4.79 Å². The summed E-state index contributed by atoms with van der Waals surface area (Å²) < 4.78 is 0. The quantitative estimate of drug-likeness (QED) is 0.578. The third-order valence-electron chi connectivity index (χ3n) is 6.27. The average molecular weight is 426 g/mol. The van der Waals surface area contributed by atoms with Crippen LogP contribution in [0, 0.1) is 0 Å². The van der Waals surface area contributed by atoms with Gasteiger partial charge in [-0.3, -0.25) is 19.3 Å². The summed E-state index contributed by atoms with van der Waals surface area (Å²) in [5.74, 6) is -0.884. The Hall–Kier alpha value is -2.94. The number of ketones is 1. The van der Waals surface area contributed by atoms with Crippen LogP contribution in [0.1, 0.15) is 57.0 Å². The first-order valence-corrected chi connectivity index (χ1v) is 11.1. The number of likely N-dealkylation sites (tertiary alicyclic amines) is 1. The van der Waals surface area contributed by atoms with Crippen LogP contribution in [-0.4, -0.2) is 58.0 Å². The van der Waals surface area contributed by atoms with Gasteiger partial charge in [0, 0.05) is 35.3 Å². The van der Waals surface area contributed by atoms with Gasteiger partial charge in [0.15, 0.2) is 5.78 Å². The molecule has 0 unspecified atom stereocenters. The van der Waals surface area contributed by atoms with E-state index in [2.05, 4.69) is 10.3 Å². The molecule has 5 rings (SSSR count). The number of hydrogen-bond donors (Lipinski definition) is 2. The van der Waals surface area contributed by atoms with Gasteiger partial charge in [-0.2, -0.15) is 0 Å². The number of urea groups is 1. The van der Waals surface area contributed by atoms with E-state index in [1.807, 2.05) is 11.4 Å². The molecule has 2 saturated heterocycles. The first-order chi connectivity index (χ1) is 14.5. The van der Waals surface area contributed by atoms with Crippen LogP contribution in [0.25, 0.3) is 0 Å². The standard InChI is InChI=1S/C21H22N4O4S/c26-16(13-10-15(22-11-13)18(27)24-7-1-2-8-24)12-25-19(28)21(23-20(25)29)6-3-4-17-14(21)5-9-30-17/h5,9-11,22H,1-4,6-8,12H2,(H,23,29)/t21-/m0/s1. The highest BCUT2D eigenvalue weighted by Gasteiger charge is 2.54. The highest BCUT2D eigenvalue weighted by molar-refractivity contribution is 7.10. The zero-order chi connectivity index (χ0) is 20.9. The molecule has 1 spiro atoms. The molecule has 0 aromatic carbocycles. The van der Waals surface area contributed by atoms with Gasteiger partial charge in [0.05, 0.1) is 6.54 Å². The number of fused-ring (bicyclic) bond motifs is 2. The predicted octanol–water partition coefficient (Wildman–Crippen LogP) is 2.28. The molecule has 0 bridgehead atoms. The van der Waals surface area contributed by atoms with E-state index in [0.717, 1.165) is 54.1 Å². The maximum absolute atomic E-state index is 13.2. The molecule has 2 N–H and O–H groups in total. The minimum atomic E-state index is -1.06. The molecule has 2 fully saturated rings. The van der Waals surface area contributed by atoms with Crippen molar-refractivity contribution >= 4 is 35.0 Å². The molecule has 9 heteroatoms. The van der Waals surface area contributed by atoms with Gasteiger partial charge in [-0.05, 0) is 49.6 Å². The number of nitrogens with one attached hydrogen (secondary N) is 2. The largest absolute Gasteiger partial charge is 0.356 e. The molecule has 2 aliphatic heterocycles. The molecular weight excluding hydrogens is 404 g/mol. The first-order valence-electron chi connectivity index (χ1n) is 10.2. The van der Waals surface area contributed by atoms with Crippen LogP contribution in [-0.2, 0) is 16.8 Å². The minimum absolute atomic E-state index is 0.132. The fourth-order valence-electron chi connectivity index (χ4n) is 4.69. The molecule has 30 heavy (non-hydrogen) atoms. The molecule has 1 aliphatic carbocycles. The summed E-state index contributed by atoms with van der Waals surface area (Å²) in [6.45, 7) is 1.09. The van der Waals surface area contributed by atoms with Gasteiger partial charge in [-0.1, -0.05) is 0 Å². The number of thiophene rings is 1. The predicted molar refractivity (Wildman–Crippen MR) is 109 cm³/mol. The highest BCUT2D eigenvalue weighted by atomic mass is 32.1. The lowest BCUT2D eigenvalue weighted by molar-refractivity contribution is -0.131. The lowest BCUT2D eigenvalue weighted by Crippen LogP contribution is -2.46. The van der Waals surface area contributed by atoms with E-state index in [1.54, 1.807) is 16.2 Å². The van der Waals surface area contributed by atoms with Crippen molar-refractivity contribution in [3.8, 4) is 0 Å². The van der Waals surface area contributed by atoms with Crippen LogP contribution < -0.4 is 5.32 Å². The number of H-pyrrole nitrogens is 1. The monoisotopic (exact) mass is 426 g/mol. The molecule has 4 amide bonds. The van der Waals surface area contributed by atoms with Gasteiger partial charge >= 0.3 is 6.03 Å². The van der Waals surface area contributed by atoms with E-state index in [0.29, 0.717) is 17.7 Å². The first kappa shape index (κ1) is 19.0. The third kappa shape index (κ3) is 2.87. The average Bonchev–Trinajstić information content (AvgIpc) is 3.52. The van der Waals surface area contributed by atoms with Crippen molar-refractivity contribution in [3.63, 3.8) is 0 Å². The zero-order valence-electron chi connectivity index (χ0n) is 16.4. The summed E-state index contributed by atoms with van der Waals surface area (Å²) in [6, 6.07) is 2.86. The summed E-state index contributed by atoms with van der Waals surface area (Å²) in [7, 11) is 0. The van der Waals surface area contributed by atoms with Gasteiger partial charge < -0.3 is 15.2 Å². The maximum Gasteiger partial charge on any atom is 0.325 e. The number of rotatable bonds is 4. The van der Waals surface area contributed by atoms with Crippen LogP contribution >= 0.6 is 11.3 Å². The second kappa shape index (κ2) is 7.09. The van der Waals surface area contributed by atoms with Gasteiger partial charge in [-0.15, -0.1) is 11.3 Å². The molecule has 2 aromatic heterocycles. The van der Waals surface area contributed by atoms with Crippen molar-refractivity contribution in [1.82, 2.24) is 20.1 Å². The fourth-order valence-corrected chi connectivity index (χ4v) is 5.69. The smallest absolute Gasteiger partial charge is 0.325 e. The van der Waals surface area contributed by atoms with Crippen molar-refractivity contribution < 1.29 is 19.2 Å². The molecule has 4 heterocycles. The lowest BCUT2D eigenvalue weighted by Gasteiger charge is -2.31. The van der Waals surface area contributed by atoms with Crippen molar-refractivity contribution in [2.45, 2.75) is 37.6 Å². The zero-order valence-corrected chi connectivity index (χ0v) is 17.2. The number of carbonyl (C=O) groups excluding carboxylic acids is 4. The topological polar surface area (TPSA) is 103 Å². The Morgan fingerprint density at radius 3 is 2.77 bits per heavy atom. The van der Waals surface area contributed by atoms with E-state index in [-0.39, 0.29) is 24.1 Å². The molecular formula is C21H22N4O4S. The lowest BCUT2D eigenvalue weighted by atomic mass is 9.80. The van der Waals surface area contributed by atoms with E-state index in [1.165, 1.54) is 12.3 Å². The van der Waals surface area contributed by atoms with Crippen molar-refractivity contribution in [3.05, 3.63) is 45.4 Å². The Bertz CT molecular complexity index is 1050. The Morgan fingerprint density at radius 1 is 1.17 bits per heavy atom. The van der Waals surface area contributed by atoms with E-state index < -0.39 is 11.6 Å². The van der Waals surface area contributed by atoms with Gasteiger partial charge in [0.1, 0.15) is 11.2 Å². The number of aromatic nitrogens is 1. The van der Waals surface area contributed by atoms with Crippen LogP contribution in [0.5, 0.6) is 0 Å². The SMILES string of the molecule is O=C(CN1C(=O)N[C@]2(CCCc3sccc32)C1=O)c1c[nH]c(C(=O)N2CCCC2)c1. The van der Waals surface area contributed by atoms with Crippen molar-refractivity contribution in [2.24, 2.45) is 0 Å². The number of Topliss-reactive ketones (excluding diaryl/α,β-unsaturated/α-hetero) is 1. The Labute approximate surface area is 177 Å². The van der Waals surface area contributed by atoms with E-state index in [9.17, 15) is 19.2 Å². The van der Waals surface area contributed by atoms with Gasteiger partial charge in [0.25, 0.3) is 11.8 Å². The molecule has 3 aliphatic rings. The molecule has 0 saturated carbocycles. The number of amides is 4. The van der Waals surface area contributed by atoms with Crippen molar-refractivity contribution in [1.29, 1.82) is 0 Å². The Morgan fingerprint density at radius 2 is 1.97 bits per heavy atom. The molecule has 156 valence electrons. The molecule has 2 aromatic rings. The minimum Gasteiger partial charge on any atom is -0.356 e. The highest BCUT2D eigenvalue weighted by Crippen LogP contribution is 2.42. The van der Waals surface area contributed by atoms with E-state index >= 15 is 0 Å². The number of aromatic amines is 1. The molecule has 0 radical (unpaired) electrons. The third-order valence-corrected chi connectivity index (χ3v) is 7.25. The number of nitrogens with zero attached hydrogens (tertiary/aromatic N) is 2. The van der Waals surface area contributed by atoms with Crippen LogP contribution in [0.15, 0.2) is 23.7 Å². The number of imide groups is 1. The fraction of sp³-hybridized carbons (Fsp3) is 0.429. The summed E-state index contributed by atoms with van der Waals surface area (Å²) in [5, 5.41) is 4.79. The summed E-state index contributed by atoms with van der Waals surface area (Å²) in [4.78, 5) is 57.9. The Balaban J connectivity index is 1.33. The van der Waals surface area contributed by atoms with Gasteiger partial charge in [-0.25, -0.2) is 4.79 Å². The number of aryl methyl sites for hydroxylation is 1. The summed E-state index contributed by atoms with van der Waals surface area (Å²) >= 11 is 1.59. The summed E-state index contributed by atoms with van der Waals surface area (Å²) in [6.07, 6.45) is 5.67. The Kier molecular flexibility index (Phi) is 4.50. The second-order valence-corrected chi connectivity index (χ2v) is 9.06. The maximum atomic E-state index is 13.2. The summed E-state index contributed by atoms with van der Waals surface area (Å²) in [5.41, 5.74) is 0.440.